The minimum atomic E-state index is -5.08. The Balaban J connectivity index is 0.000000321. The molecule has 1 aromatic carbocycles. The second-order valence-corrected chi connectivity index (χ2v) is 6.54. The van der Waals surface area contributed by atoms with Crippen LogP contribution in [0.4, 0.5) is 13.2 Å². The number of morpholine rings is 1. The Morgan fingerprint density at radius 2 is 1.85 bits per heavy atom. The molecular weight excluding hydrogens is 381 g/mol. The fraction of sp³-hybridized carbons (Fsp3) is 0.333. The second-order valence-electron chi connectivity index (χ2n) is 5.62. The van der Waals surface area contributed by atoms with Crippen molar-refractivity contribution in [3.05, 3.63) is 46.2 Å². The average Bonchev–Trinajstić information content (AvgIpc) is 3.11. The molecule has 0 atom stereocenters. The summed E-state index contributed by atoms with van der Waals surface area (Å²) in [6, 6.07) is 12.7. The zero-order chi connectivity index (χ0) is 19.9. The number of alkyl halides is 3. The Labute approximate surface area is 158 Å². The van der Waals surface area contributed by atoms with Gasteiger partial charge in [-0.05, 0) is 22.6 Å². The molecule has 0 aliphatic carbocycles. The van der Waals surface area contributed by atoms with E-state index in [4.69, 9.17) is 14.6 Å². The monoisotopic (exact) mass is 398 g/mol. The lowest BCUT2D eigenvalue weighted by molar-refractivity contribution is -0.192. The summed E-state index contributed by atoms with van der Waals surface area (Å²) in [5.74, 6) is -2.76. The van der Waals surface area contributed by atoms with Crippen molar-refractivity contribution < 1.29 is 27.8 Å². The van der Waals surface area contributed by atoms with E-state index < -0.39 is 12.1 Å². The lowest BCUT2D eigenvalue weighted by Crippen LogP contribution is -2.35. The van der Waals surface area contributed by atoms with Crippen molar-refractivity contribution in [2.24, 2.45) is 0 Å². The molecule has 5 nitrogen and oxygen atoms in total. The van der Waals surface area contributed by atoms with Gasteiger partial charge in [-0.25, -0.2) is 4.79 Å². The average molecular weight is 398 g/mol. The molecule has 2 aromatic rings. The Morgan fingerprint density at radius 3 is 2.44 bits per heavy atom. The summed E-state index contributed by atoms with van der Waals surface area (Å²) in [6.45, 7) is 4.49. The number of aliphatic carboxylic acids is 1. The van der Waals surface area contributed by atoms with E-state index in [0.29, 0.717) is 0 Å². The lowest BCUT2D eigenvalue weighted by Gasteiger charge is -2.27. The zero-order valence-electron chi connectivity index (χ0n) is 14.2. The summed E-state index contributed by atoms with van der Waals surface area (Å²) in [5.41, 5.74) is 3.52. The molecule has 1 N–H and O–H groups in total. The number of nitriles is 1. The van der Waals surface area contributed by atoms with Gasteiger partial charge in [0, 0.05) is 25.2 Å². The first-order chi connectivity index (χ1) is 12.8. The Bertz CT molecular complexity index is 809. The molecule has 1 aliphatic rings. The van der Waals surface area contributed by atoms with Crippen molar-refractivity contribution in [3.8, 4) is 17.2 Å². The van der Waals surface area contributed by atoms with Crippen LogP contribution in [0.1, 0.15) is 10.4 Å². The Hall–Kier alpha value is -2.41. The van der Waals surface area contributed by atoms with Crippen LogP contribution < -0.4 is 0 Å². The third kappa shape index (κ3) is 6.06. The van der Waals surface area contributed by atoms with Crippen LogP contribution in [0.5, 0.6) is 0 Å². The molecule has 144 valence electrons. The number of halogens is 3. The molecule has 1 fully saturated rings. The van der Waals surface area contributed by atoms with Gasteiger partial charge < -0.3 is 9.84 Å². The van der Waals surface area contributed by atoms with Gasteiger partial charge in [0.1, 0.15) is 10.9 Å². The maximum Gasteiger partial charge on any atom is 0.490 e. The highest BCUT2D eigenvalue weighted by Gasteiger charge is 2.38. The summed E-state index contributed by atoms with van der Waals surface area (Å²) in [5, 5.41) is 18.3. The van der Waals surface area contributed by atoms with Crippen LogP contribution in [0.3, 0.4) is 0 Å². The second kappa shape index (κ2) is 9.50. The maximum atomic E-state index is 10.6. The Kier molecular flexibility index (Phi) is 7.36. The maximum absolute atomic E-state index is 10.6. The molecule has 1 aliphatic heterocycles. The number of benzene rings is 1. The molecule has 0 saturated carbocycles. The number of carbonyl (C=O) groups is 1. The van der Waals surface area contributed by atoms with Crippen LogP contribution in [0.2, 0.25) is 0 Å². The summed E-state index contributed by atoms with van der Waals surface area (Å²) in [7, 11) is 0. The van der Waals surface area contributed by atoms with Gasteiger partial charge in [0.15, 0.2) is 0 Å². The molecule has 0 unspecified atom stereocenters. The summed E-state index contributed by atoms with van der Waals surface area (Å²) < 4.78 is 37.1. The van der Waals surface area contributed by atoms with Crippen LogP contribution in [-0.2, 0) is 16.1 Å². The van der Waals surface area contributed by atoms with Gasteiger partial charge in [-0.1, -0.05) is 24.3 Å². The highest BCUT2D eigenvalue weighted by atomic mass is 32.1. The standard InChI is InChI=1S/C16H16N2OS.C2HF3O2/c17-11-16-15(5-10-20-16)14-4-2-1-3-13(14)12-18-6-8-19-9-7-18;3-2(4,5)1(6)7/h1-5,10H,6-9,12H2;(H,6,7). The fourth-order valence-electron chi connectivity index (χ4n) is 2.53. The van der Waals surface area contributed by atoms with Gasteiger partial charge in [-0.3, -0.25) is 4.90 Å². The number of carboxylic acid groups (broad SMARTS) is 1. The van der Waals surface area contributed by atoms with E-state index in [0.717, 1.165) is 43.3 Å². The number of rotatable bonds is 3. The first kappa shape index (κ1) is 20.9. The molecule has 0 bridgehead atoms. The summed E-state index contributed by atoms with van der Waals surface area (Å²) in [4.78, 5) is 12.1. The van der Waals surface area contributed by atoms with Crippen LogP contribution in [0.15, 0.2) is 35.7 Å². The molecule has 9 heteroatoms. The van der Waals surface area contributed by atoms with Crippen LogP contribution in [0, 0.1) is 11.3 Å². The third-order valence-corrected chi connectivity index (χ3v) is 4.63. The first-order valence-corrected chi connectivity index (χ1v) is 8.87. The largest absolute Gasteiger partial charge is 0.490 e. The SMILES string of the molecule is N#Cc1sccc1-c1ccccc1CN1CCOCC1.O=C(O)C(F)(F)F. The number of thiophene rings is 1. The number of carboxylic acids is 1. The smallest absolute Gasteiger partial charge is 0.475 e. The van der Waals surface area contributed by atoms with Gasteiger partial charge in [0.2, 0.25) is 0 Å². The number of hydrogen-bond donors (Lipinski definition) is 1. The molecule has 0 radical (unpaired) electrons. The first-order valence-electron chi connectivity index (χ1n) is 7.99. The normalized spacial score (nSPS) is 14.7. The van der Waals surface area contributed by atoms with Crippen LogP contribution >= 0.6 is 11.3 Å². The minimum Gasteiger partial charge on any atom is -0.475 e. The molecule has 2 heterocycles. The highest BCUT2D eigenvalue weighted by Crippen LogP contribution is 2.31. The topological polar surface area (TPSA) is 73.6 Å². The predicted octanol–water partition coefficient (Wildman–Crippen LogP) is 3.75. The van der Waals surface area contributed by atoms with E-state index in [1.807, 2.05) is 17.5 Å². The minimum absolute atomic E-state index is 0.791. The Morgan fingerprint density at radius 1 is 1.22 bits per heavy atom. The molecular formula is C18H17F3N2O3S. The van der Waals surface area contributed by atoms with Crippen molar-refractivity contribution in [2.75, 3.05) is 26.3 Å². The van der Waals surface area contributed by atoms with Gasteiger partial charge >= 0.3 is 12.1 Å². The highest BCUT2D eigenvalue weighted by molar-refractivity contribution is 7.11. The molecule has 1 aromatic heterocycles. The van der Waals surface area contributed by atoms with E-state index in [-0.39, 0.29) is 0 Å². The fourth-order valence-corrected chi connectivity index (χ4v) is 3.23. The van der Waals surface area contributed by atoms with E-state index in [9.17, 15) is 18.4 Å². The molecule has 0 spiro atoms. The number of nitrogens with zero attached hydrogens (tertiary/aromatic N) is 2. The third-order valence-electron chi connectivity index (χ3n) is 3.81. The molecule has 3 rings (SSSR count). The van der Waals surface area contributed by atoms with Gasteiger partial charge in [-0.2, -0.15) is 18.4 Å². The van der Waals surface area contributed by atoms with Crippen molar-refractivity contribution in [1.82, 2.24) is 4.90 Å². The lowest BCUT2D eigenvalue weighted by atomic mass is 10.00. The summed E-state index contributed by atoms with van der Waals surface area (Å²) in [6.07, 6.45) is -5.08. The quantitative estimate of drug-likeness (QED) is 0.852. The number of hydrogen-bond acceptors (Lipinski definition) is 5. The van der Waals surface area contributed by atoms with Crippen molar-refractivity contribution in [1.29, 1.82) is 5.26 Å². The molecule has 0 amide bonds. The van der Waals surface area contributed by atoms with Gasteiger partial charge in [-0.15, -0.1) is 11.3 Å². The molecule has 27 heavy (non-hydrogen) atoms. The van der Waals surface area contributed by atoms with E-state index >= 15 is 0 Å². The van der Waals surface area contributed by atoms with E-state index in [1.165, 1.54) is 22.5 Å². The van der Waals surface area contributed by atoms with Crippen LogP contribution in [-0.4, -0.2) is 48.5 Å². The molecule has 1 saturated heterocycles. The van der Waals surface area contributed by atoms with Gasteiger partial charge in [0.25, 0.3) is 0 Å². The van der Waals surface area contributed by atoms with Crippen molar-refractivity contribution >= 4 is 17.3 Å². The summed E-state index contributed by atoms with van der Waals surface area (Å²) >= 11 is 1.50. The van der Waals surface area contributed by atoms with Crippen LogP contribution in [0.25, 0.3) is 11.1 Å². The van der Waals surface area contributed by atoms with Gasteiger partial charge in [0.05, 0.1) is 13.2 Å². The van der Waals surface area contributed by atoms with Crippen molar-refractivity contribution in [2.45, 2.75) is 12.7 Å². The zero-order valence-corrected chi connectivity index (χ0v) is 15.0. The van der Waals surface area contributed by atoms with Crippen molar-refractivity contribution in [3.63, 3.8) is 0 Å². The number of ether oxygens (including phenoxy) is 1. The predicted molar refractivity (Wildman–Crippen MR) is 94.3 cm³/mol. The van der Waals surface area contributed by atoms with E-state index in [1.54, 1.807) is 0 Å². The van der Waals surface area contributed by atoms with E-state index in [2.05, 4.69) is 29.2 Å².